The van der Waals surface area contributed by atoms with E-state index in [1.54, 1.807) is 6.08 Å². The molecule has 0 saturated heterocycles. The molecule has 1 saturated carbocycles. The van der Waals surface area contributed by atoms with E-state index in [4.69, 9.17) is 14.9 Å². The Morgan fingerprint density at radius 2 is 1.83 bits per heavy atom. The molecule has 0 bridgehead atoms. The SMILES string of the molecule is CCCCC[C@H](O)/C=C/[C@@H]1[C@@H](C/C=C\CCCC(=O)OC(CO)CO)[C@@H](O)C[C@H]1O. The number of carbonyl (C=O) groups excluding carboxylic acids is 1. The van der Waals surface area contributed by atoms with Gasteiger partial charge in [-0.1, -0.05) is 50.5 Å². The zero-order chi connectivity index (χ0) is 22.4. The highest BCUT2D eigenvalue weighted by Crippen LogP contribution is 2.36. The zero-order valence-electron chi connectivity index (χ0n) is 18.1. The highest BCUT2D eigenvalue weighted by Gasteiger charge is 2.39. The molecule has 174 valence electrons. The maximum Gasteiger partial charge on any atom is 0.306 e. The van der Waals surface area contributed by atoms with Gasteiger partial charge in [0.05, 0.1) is 31.5 Å². The van der Waals surface area contributed by atoms with Gasteiger partial charge in [0, 0.05) is 18.8 Å². The molecule has 7 heteroatoms. The van der Waals surface area contributed by atoms with Crippen LogP contribution in [0, 0.1) is 11.8 Å². The quantitative estimate of drug-likeness (QED) is 0.153. The lowest BCUT2D eigenvalue weighted by Crippen LogP contribution is -2.25. The molecule has 0 amide bonds. The number of unbranched alkanes of at least 4 members (excludes halogenated alkanes) is 3. The predicted octanol–water partition coefficient (Wildman–Crippen LogP) is 1.85. The van der Waals surface area contributed by atoms with Gasteiger partial charge in [-0.25, -0.2) is 0 Å². The third-order valence-corrected chi connectivity index (χ3v) is 5.61. The number of ether oxygens (including phenoxy) is 1. The summed E-state index contributed by atoms with van der Waals surface area (Å²) in [6.45, 7) is 1.32. The number of aliphatic hydroxyl groups excluding tert-OH is 5. The fraction of sp³-hybridized carbons (Fsp3) is 0.783. The van der Waals surface area contributed by atoms with E-state index in [1.165, 1.54) is 0 Å². The minimum atomic E-state index is -0.863. The van der Waals surface area contributed by atoms with Gasteiger partial charge in [-0.15, -0.1) is 0 Å². The van der Waals surface area contributed by atoms with Gasteiger partial charge in [-0.2, -0.15) is 0 Å². The molecule has 7 nitrogen and oxygen atoms in total. The van der Waals surface area contributed by atoms with Crippen LogP contribution in [-0.4, -0.2) is 69.1 Å². The third-order valence-electron chi connectivity index (χ3n) is 5.61. The lowest BCUT2D eigenvalue weighted by Gasteiger charge is -2.19. The second-order valence-corrected chi connectivity index (χ2v) is 8.14. The molecule has 1 rings (SSSR count). The number of hydrogen-bond donors (Lipinski definition) is 5. The van der Waals surface area contributed by atoms with Crippen LogP contribution in [0.4, 0.5) is 0 Å². The van der Waals surface area contributed by atoms with Gasteiger partial charge in [0.15, 0.2) is 0 Å². The average Bonchev–Trinajstić information content (AvgIpc) is 2.99. The summed E-state index contributed by atoms with van der Waals surface area (Å²) in [4.78, 5) is 11.6. The van der Waals surface area contributed by atoms with Crippen LogP contribution in [-0.2, 0) is 9.53 Å². The van der Waals surface area contributed by atoms with Crippen molar-refractivity contribution in [2.24, 2.45) is 11.8 Å². The minimum Gasteiger partial charge on any atom is -0.457 e. The zero-order valence-corrected chi connectivity index (χ0v) is 18.1. The highest BCUT2D eigenvalue weighted by molar-refractivity contribution is 5.69. The van der Waals surface area contributed by atoms with E-state index in [-0.39, 0.29) is 18.3 Å². The number of esters is 1. The van der Waals surface area contributed by atoms with Crippen LogP contribution in [0.2, 0.25) is 0 Å². The number of allylic oxidation sites excluding steroid dienone is 2. The van der Waals surface area contributed by atoms with Crippen LogP contribution in [0.1, 0.15) is 64.7 Å². The average molecular weight is 429 g/mol. The molecule has 5 atom stereocenters. The molecule has 5 N–H and O–H groups in total. The largest absolute Gasteiger partial charge is 0.457 e. The Morgan fingerprint density at radius 3 is 2.50 bits per heavy atom. The summed E-state index contributed by atoms with van der Waals surface area (Å²) in [7, 11) is 0. The molecule has 0 aromatic rings. The molecule has 30 heavy (non-hydrogen) atoms. The Hall–Kier alpha value is -1.25. The van der Waals surface area contributed by atoms with E-state index in [0.717, 1.165) is 19.3 Å². The van der Waals surface area contributed by atoms with E-state index in [0.29, 0.717) is 32.1 Å². The van der Waals surface area contributed by atoms with Crippen LogP contribution in [0.3, 0.4) is 0 Å². The van der Waals surface area contributed by atoms with Crippen LogP contribution < -0.4 is 0 Å². The monoisotopic (exact) mass is 428 g/mol. The molecule has 1 aliphatic rings. The fourth-order valence-electron chi connectivity index (χ4n) is 3.78. The van der Waals surface area contributed by atoms with Gasteiger partial charge < -0.3 is 30.3 Å². The van der Waals surface area contributed by atoms with E-state index >= 15 is 0 Å². The van der Waals surface area contributed by atoms with Gasteiger partial charge in [0.1, 0.15) is 6.10 Å². The fourth-order valence-corrected chi connectivity index (χ4v) is 3.78. The molecule has 1 fully saturated rings. The van der Waals surface area contributed by atoms with E-state index in [2.05, 4.69) is 6.92 Å². The predicted molar refractivity (Wildman–Crippen MR) is 115 cm³/mol. The first kappa shape index (κ1) is 26.8. The summed E-state index contributed by atoms with van der Waals surface area (Å²) >= 11 is 0. The maximum absolute atomic E-state index is 11.6. The standard InChI is InChI=1S/C23H40O7/c1-2-3-6-9-17(26)12-13-20-19(21(27)14-22(20)28)10-7-4-5-8-11-23(29)30-18(15-24)16-25/h4,7,12-13,17-22,24-28H,2-3,5-6,8-11,14-16H2,1H3/b7-4-,13-12+/t17-,19+,20+,21-,22+/m0/s1. The van der Waals surface area contributed by atoms with Crippen molar-refractivity contribution in [2.75, 3.05) is 13.2 Å². The topological polar surface area (TPSA) is 127 Å². The molecule has 1 aliphatic carbocycles. The van der Waals surface area contributed by atoms with Gasteiger partial charge in [0.25, 0.3) is 0 Å². The summed E-state index contributed by atoms with van der Waals surface area (Å²) in [5.74, 6) is -0.738. The lowest BCUT2D eigenvalue weighted by molar-refractivity contribution is -0.153. The molecule has 0 unspecified atom stereocenters. The Balaban J connectivity index is 2.39. The molecule has 0 aromatic carbocycles. The number of carbonyl (C=O) groups is 1. The molecule has 0 aliphatic heterocycles. The Morgan fingerprint density at radius 1 is 1.10 bits per heavy atom. The maximum atomic E-state index is 11.6. The second kappa shape index (κ2) is 15.5. The first-order valence-corrected chi connectivity index (χ1v) is 11.2. The first-order chi connectivity index (χ1) is 14.4. The second-order valence-electron chi connectivity index (χ2n) is 8.14. The lowest BCUT2D eigenvalue weighted by atomic mass is 9.89. The summed E-state index contributed by atoms with van der Waals surface area (Å²) in [6, 6.07) is 0. The van der Waals surface area contributed by atoms with Crippen molar-refractivity contribution in [3.63, 3.8) is 0 Å². The molecule has 0 radical (unpaired) electrons. The van der Waals surface area contributed by atoms with Crippen LogP contribution >= 0.6 is 0 Å². The Labute approximate surface area is 180 Å². The summed E-state index contributed by atoms with van der Waals surface area (Å²) < 4.78 is 4.90. The smallest absolute Gasteiger partial charge is 0.306 e. The van der Waals surface area contributed by atoms with Crippen molar-refractivity contribution in [1.29, 1.82) is 0 Å². The van der Waals surface area contributed by atoms with Crippen LogP contribution in [0.5, 0.6) is 0 Å². The number of rotatable bonds is 15. The molecule has 0 spiro atoms. The Kier molecular flexibility index (Phi) is 13.9. The molecular weight excluding hydrogens is 388 g/mol. The summed E-state index contributed by atoms with van der Waals surface area (Å²) in [5, 5.41) is 48.4. The normalized spacial score (nSPS) is 25.6. The van der Waals surface area contributed by atoms with Crippen LogP contribution in [0.25, 0.3) is 0 Å². The van der Waals surface area contributed by atoms with Gasteiger partial charge in [-0.3, -0.25) is 4.79 Å². The van der Waals surface area contributed by atoms with Crippen molar-refractivity contribution >= 4 is 5.97 Å². The highest BCUT2D eigenvalue weighted by atomic mass is 16.6. The summed E-state index contributed by atoms with van der Waals surface area (Å²) in [6.07, 6.45) is 11.2. The van der Waals surface area contributed by atoms with Gasteiger partial charge in [-0.05, 0) is 31.6 Å². The number of hydrogen-bond acceptors (Lipinski definition) is 7. The van der Waals surface area contributed by atoms with Crippen molar-refractivity contribution in [2.45, 2.75) is 89.1 Å². The first-order valence-electron chi connectivity index (χ1n) is 11.2. The van der Waals surface area contributed by atoms with Gasteiger partial charge >= 0.3 is 5.97 Å². The van der Waals surface area contributed by atoms with Crippen molar-refractivity contribution in [3.8, 4) is 0 Å². The minimum absolute atomic E-state index is 0.102. The number of aliphatic hydroxyl groups is 5. The van der Waals surface area contributed by atoms with E-state index < -0.39 is 43.6 Å². The molecule has 0 heterocycles. The van der Waals surface area contributed by atoms with Crippen molar-refractivity contribution in [1.82, 2.24) is 0 Å². The molecular formula is C23H40O7. The van der Waals surface area contributed by atoms with E-state index in [9.17, 15) is 20.1 Å². The van der Waals surface area contributed by atoms with Gasteiger partial charge in [0.2, 0.25) is 0 Å². The molecule has 0 aromatic heterocycles. The van der Waals surface area contributed by atoms with E-state index in [1.807, 2.05) is 18.2 Å². The van der Waals surface area contributed by atoms with Crippen LogP contribution in [0.15, 0.2) is 24.3 Å². The van der Waals surface area contributed by atoms with Crippen molar-refractivity contribution in [3.05, 3.63) is 24.3 Å². The summed E-state index contributed by atoms with van der Waals surface area (Å²) in [5.41, 5.74) is 0. The Bertz CT molecular complexity index is 516. The van der Waals surface area contributed by atoms with Crippen molar-refractivity contribution < 1.29 is 35.1 Å². The third kappa shape index (κ3) is 10.2.